The molecule has 3 aromatic rings. The van der Waals surface area contributed by atoms with E-state index < -0.39 is 0 Å². The van der Waals surface area contributed by atoms with E-state index in [0.717, 1.165) is 0 Å². The Hall–Kier alpha value is -2.02. The molecule has 0 bridgehead atoms. The van der Waals surface area contributed by atoms with Gasteiger partial charge in [-0.1, -0.05) is 48.5 Å². The molecule has 1 N–H and O–H groups in total. The maximum Gasteiger partial charge on any atom is 0.0496 e. The number of hydrogen-bond acceptors (Lipinski definition) is 1. The Labute approximate surface area is 94.7 Å². The molecule has 1 nitrogen and oxygen atoms in total. The monoisotopic (exact) mass is 207 g/mol. The summed E-state index contributed by atoms with van der Waals surface area (Å²) in [6.45, 7) is 0. The van der Waals surface area contributed by atoms with Crippen LogP contribution in [-0.2, 0) is 0 Å². The molecule has 0 aliphatic carbocycles. The number of hydrogen-bond donors (Lipinski definition) is 1. The summed E-state index contributed by atoms with van der Waals surface area (Å²) >= 11 is 0. The Morgan fingerprint density at radius 3 is 1.75 bits per heavy atom. The topological polar surface area (TPSA) is 12.0 Å². The highest BCUT2D eigenvalue weighted by atomic mass is 14.8. The van der Waals surface area contributed by atoms with Crippen molar-refractivity contribution in [3.63, 3.8) is 0 Å². The molecular formula is C15H13N. The predicted molar refractivity (Wildman–Crippen MR) is 71.0 cm³/mol. The molecule has 0 radical (unpaired) electrons. The van der Waals surface area contributed by atoms with Crippen molar-refractivity contribution < 1.29 is 0 Å². The SMILES string of the molecule is CNc1c2ccccc2cc2ccccc12. The molecular weight excluding hydrogens is 194 g/mol. The normalized spacial score (nSPS) is 10.8. The maximum absolute atomic E-state index is 3.31. The van der Waals surface area contributed by atoms with E-state index in [1.165, 1.54) is 27.2 Å². The smallest absolute Gasteiger partial charge is 0.0496 e. The third-order valence-corrected chi connectivity index (χ3v) is 3.02. The fourth-order valence-corrected chi connectivity index (χ4v) is 2.28. The van der Waals surface area contributed by atoms with Crippen LogP contribution in [0.1, 0.15) is 0 Å². The van der Waals surface area contributed by atoms with Crippen LogP contribution in [0.4, 0.5) is 5.69 Å². The summed E-state index contributed by atoms with van der Waals surface area (Å²) in [6, 6.07) is 19.2. The van der Waals surface area contributed by atoms with Crippen molar-refractivity contribution in [2.24, 2.45) is 0 Å². The van der Waals surface area contributed by atoms with Gasteiger partial charge in [-0.25, -0.2) is 0 Å². The summed E-state index contributed by atoms with van der Waals surface area (Å²) in [5.41, 5.74) is 1.22. The highest BCUT2D eigenvalue weighted by Gasteiger charge is 2.04. The van der Waals surface area contributed by atoms with E-state index in [1.807, 2.05) is 7.05 Å². The number of benzene rings is 3. The van der Waals surface area contributed by atoms with Gasteiger partial charge in [-0.3, -0.25) is 0 Å². The van der Waals surface area contributed by atoms with Crippen molar-refractivity contribution in [1.29, 1.82) is 0 Å². The molecule has 0 saturated carbocycles. The number of rotatable bonds is 1. The lowest BCUT2D eigenvalue weighted by Gasteiger charge is -2.10. The van der Waals surface area contributed by atoms with Crippen LogP contribution in [0.3, 0.4) is 0 Å². The molecule has 0 atom stereocenters. The van der Waals surface area contributed by atoms with Crippen molar-refractivity contribution in [2.45, 2.75) is 0 Å². The standard InChI is InChI=1S/C15H13N/c1-16-15-13-8-4-2-6-11(13)10-12-7-3-5-9-14(12)15/h2-10,16H,1H3. The van der Waals surface area contributed by atoms with Crippen LogP contribution in [0.5, 0.6) is 0 Å². The maximum atomic E-state index is 3.31. The third kappa shape index (κ3) is 1.25. The number of anilines is 1. The lowest BCUT2D eigenvalue weighted by atomic mass is 10.0. The van der Waals surface area contributed by atoms with Gasteiger partial charge in [0.25, 0.3) is 0 Å². The van der Waals surface area contributed by atoms with Crippen LogP contribution in [0.2, 0.25) is 0 Å². The summed E-state index contributed by atoms with van der Waals surface area (Å²) in [5.74, 6) is 0. The number of nitrogens with one attached hydrogen (secondary N) is 1. The fraction of sp³-hybridized carbons (Fsp3) is 0.0667. The van der Waals surface area contributed by atoms with Gasteiger partial charge in [-0.15, -0.1) is 0 Å². The van der Waals surface area contributed by atoms with Gasteiger partial charge in [0.2, 0.25) is 0 Å². The molecule has 0 aliphatic heterocycles. The van der Waals surface area contributed by atoms with Crippen LogP contribution < -0.4 is 5.32 Å². The quantitative estimate of drug-likeness (QED) is 0.594. The van der Waals surface area contributed by atoms with Gasteiger partial charge < -0.3 is 5.32 Å². The van der Waals surface area contributed by atoms with E-state index >= 15 is 0 Å². The Morgan fingerprint density at radius 2 is 1.25 bits per heavy atom. The van der Waals surface area contributed by atoms with E-state index in [1.54, 1.807) is 0 Å². The Morgan fingerprint density at radius 1 is 0.750 bits per heavy atom. The lowest BCUT2D eigenvalue weighted by Crippen LogP contribution is -1.91. The molecule has 3 rings (SSSR count). The third-order valence-electron chi connectivity index (χ3n) is 3.02. The van der Waals surface area contributed by atoms with Crippen LogP contribution in [0, 0.1) is 0 Å². The molecule has 0 unspecified atom stereocenters. The molecule has 0 saturated heterocycles. The summed E-state index contributed by atoms with van der Waals surface area (Å²) in [6.07, 6.45) is 0. The Kier molecular flexibility index (Phi) is 2.03. The molecule has 0 aliphatic rings. The zero-order valence-corrected chi connectivity index (χ0v) is 9.20. The minimum absolute atomic E-state index is 1.22. The minimum Gasteiger partial charge on any atom is -0.387 e. The molecule has 0 spiro atoms. The lowest BCUT2D eigenvalue weighted by molar-refractivity contribution is 1.57. The van der Waals surface area contributed by atoms with Crippen LogP contribution in [0.15, 0.2) is 54.6 Å². The second-order valence-electron chi connectivity index (χ2n) is 3.94. The summed E-state index contributed by atoms with van der Waals surface area (Å²) in [5, 5.41) is 8.44. The van der Waals surface area contributed by atoms with Crippen molar-refractivity contribution in [3.8, 4) is 0 Å². The van der Waals surface area contributed by atoms with Gasteiger partial charge in [0, 0.05) is 23.5 Å². The molecule has 78 valence electrons. The zero-order chi connectivity index (χ0) is 11.0. The highest BCUT2D eigenvalue weighted by molar-refractivity contribution is 6.10. The van der Waals surface area contributed by atoms with Gasteiger partial charge in [-0.05, 0) is 16.8 Å². The van der Waals surface area contributed by atoms with Crippen molar-refractivity contribution in [1.82, 2.24) is 0 Å². The van der Waals surface area contributed by atoms with Crippen molar-refractivity contribution in [2.75, 3.05) is 12.4 Å². The average Bonchev–Trinajstić information content (AvgIpc) is 2.36. The first-order valence-corrected chi connectivity index (χ1v) is 5.48. The average molecular weight is 207 g/mol. The van der Waals surface area contributed by atoms with E-state index in [9.17, 15) is 0 Å². The van der Waals surface area contributed by atoms with Crippen LogP contribution in [-0.4, -0.2) is 7.05 Å². The second kappa shape index (κ2) is 3.53. The molecule has 0 fully saturated rings. The minimum atomic E-state index is 1.22. The van der Waals surface area contributed by atoms with Crippen molar-refractivity contribution >= 4 is 27.2 Å². The van der Waals surface area contributed by atoms with Gasteiger partial charge in [0.15, 0.2) is 0 Å². The molecule has 0 heterocycles. The second-order valence-corrected chi connectivity index (χ2v) is 3.94. The van der Waals surface area contributed by atoms with Gasteiger partial charge in [0.05, 0.1) is 0 Å². The largest absolute Gasteiger partial charge is 0.387 e. The van der Waals surface area contributed by atoms with E-state index in [0.29, 0.717) is 0 Å². The molecule has 1 heteroatoms. The summed E-state index contributed by atoms with van der Waals surface area (Å²) < 4.78 is 0. The van der Waals surface area contributed by atoms with Crippen molar-refractivity contribution in [3.05, 3.63) is 54.6 Å². The van der Waals surface area contributed by atoms with Gasteiger partial charge in [-0.2, -0.15) is 0 Å². The first kappa shape index (κ1) is 9.22. The first-order chi connectivity index (χ1) is 7.90. The fourth-order valence-electron chi connectivity index (χ4n) is 2.28. The van der Waals surface area contributed by atoms with Gasteiger partial charge >= 0.3 is 0 Å². The molecule has 16 heavy (non-hydrogen) atoms. The number of fused-ring (bicyclic) bond motifs is 2. The Bertz CT molecular complexity index is 602. The van der Waals surface area contributed by atoms with Gasteiger partial charge in [0.1, 0.15) is 0 Å². The van der Waals surface area contributed by atoms with E-state index in [-0.39, 0.29) is 0 Å². The molecule has 0 amide bonds. The highest BCUT2D eigenvalue weighted by Crippen LogP contribution is 2.32. The predicted octanol–water partition coefficient (Wildman–Crippen LogP) is 4.03. The molecule has 0 aromatic heterocycles. The summed E-state index contributed by atoms with van der Waals surface area (Å²) in [7, 11) is 1.98. The first-order valence-electron chi connectivity index (χ1n) is 5.48. The van der Waals surface area contributed by atoms with Crippen LogP contribution >= 0.6 is 0 Å². The van der Waals surface area contributed by atoms with E-state index in [4.69, 9.17) is 0 Å². The Balaban J connectivity index is 2.56. The summed E-state index contributed by atoms with van der Waals surface area (Å²) in [4.78, 5) is 0. The zero-order valence-electron chi connectivity index (χ0n) is 9.20. The van der Waals surface area contributed by atoms with Crippen LogP contribution in [0.25, 0.3) is 21.5 Å². The van der Waals surface area contributed by atoms with E-state index in [2.05, 4.69) is 59.9 Å². The molecule has 3 aromatic carbocycles.